The number of hydrogen-bond donors (Lipinski definition) is 0. The summed E-state index contributed by atoms with van der Waals surface area (Å²) in [7, 11) is -3.75. The van der Waals surface area contributed by atoms with E-state index in [2.05, 4.69) is 0 Å². The van der Waals surface area contributed by atoms with E-state index in [1.807, 2.05) is 0 Å². The summed E-state index contributed by atoms with van der Waals surface area (Å²) in [5, 5.41) is 7.81. The van der Waals surface area contributed by atoms with Crippen LogP contribution in [0.2, 0.25) is 10.0 Å². The fraction of sp³-hybridized carbons (Fsp3) is 0.440. The maximum atomic E-state index is 13.2. The quantitative estimate of drug-likeness (QED) is 0.252. The lowest BCUT2D eigenvalue weighted by molar-refractivity contribution is -0.143. The van der Waals surface area contributed by atoms with Crippen LogP contribution in [-0.2, 0) is 43.3 Å². The molecule has 220 valence electrons. The molecule has 0 bridgehead atoms. The molecule has 0 aliphatic carbocycles. The lowest BCUT2D eigenvalue weighted by atomic mass is 9.77. The number of hydrogen-bond acceptors (Lipinski definition) is 5. The molecule has 0 aromatic heterocycles. The first-order chi connectivity index (χ1) is 18.3. The standard InChI is InChI=1S/C23H21Cl2F6NO4S.C2H3N/c1-37(34,35)36-7-5-21(15-2-3-18(24)19(25)12-15)4-6-32(13-21)20(33)10-14-8-16(22(26,27)28)11-17(9-14)23(29,30)31;1-2-3/h2-3,8-9,11-12H,4-7,10,13H2,1H3;1H3/t21-;/m0./s1. The Morgan fingerprint density at radius 3 is 2.08 bits per heavy atom. The summed E-state index contributed by atoms with van der Waals surface area (Å²) in [5.74, 6) is -0.682. The molecule has 0 spiro atoms. The molecule has 0 unspecified atom stereocenters. The third-order valence-corrected chi connectivity index (χ3v) is 7.45. The first kappa shape index (κ1) is 33.7. The fourth-order valence-corrected chi connectivity index (χ4v) is 4.98. The predicted molar refractivity (Wildman–Crippen MR) is 136 cm³/mol. The maximum absolute atomic E-state index is 13.2. The molecule has 1 heterocycles. The van der Waals surface area contributed by atoms with Gasteiger partial charge in [-0.25, -0.2) is 0 Å². The second-order valence-corrected chi connectivity index (χ2v) is 11.5. The Hall–Kier alpha value is -2.53. The van der Waals surface area contributed by atoms with Crippen LogP contribution in [0.15, 0.2) is 36.4 Å². The lowest BCUT2D eigenvalue weighted by Crippen LogP contribution is -2.36. The number of halogens is 8. The summed E-state index contributed by atoms with van der Waals surface area (Å²) in [6, 6.07) is 7.56. The highest BCUT2D eigenvalue weighted by molar-refractivity contribution is 7.85. The van der Waals surface area contributed by atoms with Crippen LogP contribution in [0.25, 0.3) is 0 Å². The van der Waals surface area contributed by atoms with Gasteiger partial charge in [-0.05, 0) is 54.3 Å². The average Bonchev–Trinajstić information content (AvgIpc) is 3.25. The minimum atomic E-state index is -5.03. The van der Waals surface area contributed by atoms with E-state index in [0.717, 1.165) is 6.26 Å². The number of benzene rings is 2. The molecule has 1 amide bonds. The minimum absolute atomic E-state index is 0.000905. The van der Waals surface area contributed by atoms with Crippen LogP contribution in [0.1, 0.15) is 42.0 Å². The normalized spacial score (nSPS) is 17.7. The van der Waals surface area contributed by atoms with E-state index in [1.165, 1.54) is 17.9 Å². The van der Waals surface area contributed by atoms with Crippen molar-refractivity contribution in [3.05, 3.63) is 68.7 Å². The zero-order valence-electron chi connectivity index (χ0n) is 21.2. The van der Waals surface area contributed by atoms with Gasteiger partial charge in [0.15, 0.2) is 0 Å². The van der Waals surface area contributed by atoms with Crippen LogP contribution in [0.3, 0.4) is 0 Å². The van der Waals surface area contributed by atoms with Crippen molar-refractivity contribution in [2.75, 3.05) is 26.0 Å². The zero-order valence-corrected chi connectivity index (χ0v) is 23.5. The Balaban J connectivity index is 0.00000178. The third-order valence-electron chi connectivity index (χ3n) is 6.12. The van der Waals surface area contributed by atoms with Crippen molar-refractivity contribution in [3.63, 3.8) is 0 Å². The molecule has 6 nitrogen and oxygen atoms in total. The summed E-state index contributed by atoms with van der Waals surface area (Å²) < 4.78 is 107. The van der Waals surface area contributed by atoms with E-state index in [1.54, 1.807) is 18.2 Å². The van der Waals surface area contributed by atoms with Gasteiger partial charge in [-0.2, -0.15) is 40.0 Å². The number of carbonyl (C=O) groups excluding carboxylic acids is 1. The van der Waals surface area contributed by atoms with Crippen LogP contribution in [0.5, 0.6) is 0 Å². The number of nitriles is 1. The van der Waals surface area contributed by atoms with Crippen molar-refractivity contribution < 1.29 is 43.7 Å². The first-order valence-corrected chi connectivity index (χ1v) is 14.1. The van der Waals surface area contributed by atoms with Gasteiger partial charge in [-0.15, -0.1) is 0 Å². The Morgan fingerprint density at radius 1 is 1.05 bits per heavy atom. The molecule has 2 aromatic rings. The number of rotatable bonds is 7. The van der Waals surface area contributed by atoms with E-state index in [0.29, 0.717) is 24.1 Å². The maximum Gasteiger partial charge on any atom is 0.416 e. The summed E-state index contributed by atoms with van der Waals surface area (Å²) in [5.41, 5.74) is -3.64. The number of alkyl halides is 6. The SMILES string of the molecule is CC#N.CS(=O)(=O)OCC[C@@]1(c2ccc(Cl)c(Cl)c2)CCN(C(=O)Cc2cc(C(F)(F)F)cc(C(F)(F)F)c2)C1. The first-order valence-electron chi connectivity index (χ1n) is 11.5. The molecule has 1 aliphatic heterocycles. The molecule has 1 aliphatic rings. The Bertz CT molecular complexity index is 1340. The van der Waals surface area contributed by atoms with Gasteiger partial charge in [0.1, 0.15) is 0 Å². The Kier molecular flexibility index (Phi) is 10.9. The molecule has 0 N–H and O–H groups in total. The zero-order chi connectivity index (χ0) is 30.5. The Labute approximate surface area is 237 Å². The summed E-state index contributed by atoms with van der Waals surface area (Å²) >= 11 is 12.1. The van der Waals surface area contributed by atoms with E-state index in [9.17, 15) is 39.6 Å². The summed E-state index contributed by atoms with van der Waals surface area (Å²) in [4.78, 5) is 14.3. The van der Waals surface area contributed by atoms with Gasteiger partial charge in [-0.3, -0.25) is 8.98 Å². The van der Waals surface area contributed by atoms with Crippen LogP contribution in [0.4, 0.5) is 26.3 Å². The van der Waals surface area contributed by atoms with E-state index >= 15 is 0 Å². The van der Waals surface area contributed by atoms with Crippen molar-refractivity contribution in [1.29, 1.82) is 5.26 Å². The minimum Gasteiger partial charge on any atom is -0.341 e. The largest absolute Gasteiger partial charge is 0.416 e. The third kappa shape index (κ3) is 9.26. The smallest absolute Gasteiger partial charge is 0.341 e. The van der Waals surface area contributed by atoms with E-state index in [4.69, 9.17) is 32.6 Å². The number of carbonyl (C=O) groups is 1. The van der Waals surface area contributed by atoms with Gasteiger partial charge in [0.25, 0.3) is 10.1 Å². The molecule has 2 aromatic carbocycles. The number of likely N-dealkylation sites (tertiary alicyclic amines) is 1. The molecule has 40 heavy (non-hydrogen) atoms. The van der Waals surface area contributed by atoms with Crippen LogP contribution < -0.4 is 0 Å². The lowest BCUT2D eigenvalue weighted by Gasteiger charge is -2.30. The van der Waals surface area contributed by atoms with Gasteiger partial charge < -0.3 is 4.90 Å². The van der Waals surface area contributed by atoms with Crippen molar-refractivity contribution in [3.8, 4) is 6.07 Å². The van der Waals surface area contributed by atoms with Gasteiger partial charge in [0, 0.05) is 25.4 Å². The molecule has 15 heteroatoms. The van der Waals surface area contributed by atoms with Crippen molar-refractivity contribution in [1.82, 2.24) is 4.90 Å². The second-order valence-electron chi connectivity index (χ2n) is 9.07. The van der Waals surface area contributed by atoms with E-state index < -0.39 is 56.9 Å². The molecule has 0 radical (unpaired) electrons. The van der Waals surface area contributed by atoms with Gasteiger partial charge in [0.05, 0.1) is 46.5 Å². The Morgan fingerprint density at radius 2 is 1.60 bits per heavy atom. The van der Waals surface area contributed by atoms with E-state index in [-0.39, 0.29) is 42.2 Å². The highest BCUT2D eigenvalue weighted by Crippen LogP contribution is 2.41. The molecule has 1 saturated heterocycles. The molecular weight excluding hydrogens is 609 g/mol. The molecule has 3 rings (SSSR count). The van der Waals surface area contributed by atoms with Crippen LogP contribution >= 0.6 is 23.2 Å². The van der Waals surface area contributed by atoms with Crippen LogP contribution in [0, 0.1) is 11.3 Å². The number of nitrogens with zero attached hydrogens (tertiary/aromatic N) is 2. The average molecular weight is 633 g/mol. The summed E-state index contributed by atoms with van der Waals surface area (Å²) in [6.07, 6.45) is -9.41. The highest BCUT2D eigenvalue weighted by Gasteiger charge is 2.42. The van der Waals surface area contributed by atoms with Gasteiger partial charge in [-0.1, -0.05) is 29.3 Å². The van der Waals surface area contributed by atoms with Gasteiger partial charge >= 0.3 is 12.4 Å². The highest BCUT2D eigenvalue weighted by atomic mass is 35.5. The molecular formula is C25H24Cl2F6N2O4S. The summed E-state index contributed by atoms with van der Waals surface area (Å²) in [6.45, 7) is 1.36. The van der Waals surface area contributed by atoms with Gasteiger partial charge in [0.2, 0.25) is 5.91 Å². The molecule has 1 fully saturated rings. The fourth-order valence-electron chi connectivity index (χ4n) is 4.29. The van der Waals surface area contributed by atoms with Crippen LogP contribution in [-0.4, -0.2) is 45.2 Å². The monoisotopic (exact) mass is 632 g/mol. The number of amides is 1. The topological polar surface area (TPSA) is 87.5 Å². The molecule has 0 saturated carbocycles. The van der Waals surface area contributed by atoms with Crippen molar-refractivity contribution >= 4 is 39.2 Å². The second kappa shape index (κ2) is 13.0. The van der Waals surface area contributed by atoms with Crippen molar-refractivity contribution in [2.24, 2.45) is 0 Å². The molecule has 1 atom stereocenters. The predicted octanol–water partition coefficient (Wildman–Crippen LogP) is 6.64. The van der Waals surface area contributed by atoms with Crippen molar-refractivity contribution in [2.45, 2.75) is 44.0 Å².